The number of piperidine rings is 1. The Bertz CT molecular complexity index is 1320. The van der Waals surface area contributed by atoms with E-state index in [1.54, 1.807) is 28.8 Å². The Morgan fingerprint density at radius 2 is 1.69 bits per heavy atom. The van der Waals surface area contributed by atoms with Crippen molar-refractivity contribution in [3.05, 3.63) is 50.2 Å². The van der Waals surface area contributed by atoms with Crippen molar-refractivity contribution in [3.63, 3.8) is 0 Å². The molecule has 1 aromatic heterocycles. The molecule has 2 aliphatic carbocycles. The van der Waals surface area contributed by atoms with Crippen LogP contribution in [0.1, 0.15) is 42.0 Å². The zero-order chi connectivity index (χ0) is 24.7. The number of nitrogens with one attached hydrogen (secondary N) is 1. The summed E-state index contributed by atoms with van der Waals surface area (Å²) >= 11 is 2.81. The average molecular weight is 528 g/mol. The Kier molecular flexibility index (Phi) is 5.22. The molecule has 188 valence electrons. The number of hydrogen-bond acceptors (Lipinski definition) is 6. The summed E-state index contributed by atoms with van der Waals surface area (Å²) in [5, 5.41) is 0.914. The number of amides is 3. The normalized spacial score (nSPS) is 34.6. The van der Waals surface area contributed by atoms with Crippen LogP contribution in [0.15, 0.2) is 34.1 Å². The first-order valence-electron chi connectivity index (χ1n) is 12.7. The molecule has 2 saturated carbocycles. The molecule has 2 bridgehead atoms. The van der Waals surface area contributed by atoms with E-state index in [1.807, 2.05) is 0 Å². The van der Waals surface area contributed by atoms with E-state index in [9.17, 15) is 23.6 Å². The molecule has 36 heavy (non-hydrogen) atoms. The number of benzene rings is 1. The van der Waals surface area contributed by atoms with Crippen LogP contribution in [0.4, 0.5) is 4.39 Å². The fourth-order valence-electron chi connectivity index (χ4n) is 7.66. The van der Waals surface area contributed by atoms with Gasteiger partial charge < -0.3 is 9.88 Å². The molecular formula is C26H26FN3O4S2. The van der Waals surface area contributed by atoms with Gasteiger partial charge in [-0.15, -0.1) is 11.8 Å². The lowest BCUT2D eigenvalue weighted by Crippen LogP contribution is -2.45. The highest BCUT2D eigenvalue weighted by molar-refractivity contribution is 8.00. The number of likely N-dealkylation sites (tertiary alicyclic amines) is 2. The quantitative estimate of drug-likeness (QED) is 0.620. The first kappa shape index (κ1) is 22.7. The average Bonchev–Trinajstić information content (AvgIpc) is 3.61. The lowest BCUT2D eigenvalue weighted by molar-refractivity contribution is -0.147. The van der Waals surface area contributed by atoms with Gasteiger partial charge in [0.2, 0.25) is 17.7 Å². The Balaban J connectivity index is 1.22. The molecule has 2 saturated heterocycles. The number of H-pyrrole nitrogens is 1. The van der Waals surface area contributed by atoms with Gasteiger partial charge in [0.25, 0.3) is 0 Å². The third kappa shape index (κ3) is 3.22. The summed E-state index contributed by atoms with van der Waals surface area (Å²) in [7, 11) is 0. The number of rotatable bonds is 3. The van der Waals surface area contributed by atoms with E-state index < -0.39 is 11.8 Å². The maximum atomic E-state index is 13.7. The van der Waals surface area contributed by atoms with Crippen LogP contribution in [-0.2, 0) is 14.4 Å². The summed E-state index contributed by atoms with van der Waals surface area (Å²) in [6, 6.07) is 6.43. The van der Waals surface area contributed by atoms with Crippen molar-refractivity contribution in [1.29, 1.82) is 0 Å². The van der Waals surface area contributed by atoms with Crippen molar-refractivity contribution in [2.75, 3.05) is 19.6 Å². The number of thioether (sulfide) groups is 1. The first-order chi connectivity index (χ1) is 17.4. The van der Waals surface area contributed by atoms with Gasteiger partial charge >= 0.3 is 4.87 Å². The van der Waals surface area contributed by atoms with E-state index in [4.69, 9.17) is 0 Å². The molecule has 5 aliphatic rings. The van der Waals surface area contributed by atoms with E-state index in [1.165, 1.54) is 28.4 Å². The van der Waals surface area contributed by atoms with Crippen LogP contribution < -0.4 is 4.87 Å². The molecule has 7 atom stereocenters. The topological polar surface area (TPSA) is 90.5 Å². The van der Waals surface area contributed by atoms with Gasteiger partial charge in [0, 0.05) is 29.1 Å². The van der Waals surface area contributed by atoms with Crippen molar-refractivity contribution in [1.82, 2.24) is 14.8 Å². The highest BCUT2D eigenvalue weighted by atomic mass is 32.2. The molecule has 0 spiro atoms. The van der Waals surface area contributed by atoms with Crippen molar-refractivity contribution in [2.24, 2.45) is 29.6 Å². The van der Waals surface area contributed by atoms with Gasteiger partial charge in [-0.2, -0.15) is 0 Å². The number of carbonyl (C=O) groups excluding carboxylic acids is 3. The van der Waals surface area contributed by atoms with E-state index in [0.717, 1.165) is 41.1 Å². The highest BCUT2D eigenvalue weighted by Gasteiger charge is 2.69. The number of aromatic amines is 1. The van der Waals surface area contributed by atoms with Gasteiger partial charge in [-0.05, 0) is 61.1 Å². The third-order valence-corrected chi connectivity index (χ3v) is 11.6. The summed E-state index contributed by atoms with van der Waals surface area (Å²) in [6.45, 7) is 1.22. The fourth-order valence-corrected chi connectivity index (χ4v) is 10.5. The Morgan fingerprint density at radius 1 is 1.00 bits per heavy atom. The van der Waals surface area contributed by atoms with Crippen LogP contribution in [-0.4, -0.2) is 57.4 Å². The minimum Gasteiger partial charge on any atom is -0.341 e. The van der Waals surface area contributed by atoms with Gasteiger partial charge in [-0.1, -0.05) is 23.5 Å². The fraction of sp³-hybridized carbons (Fsp3) is 0.538. The summed E-state index contributed by atoms with van der Waals surface area (Å²) in [5.41, 5.74) is 0.932. The van der Waals surface area contributed by atoms with Crippen LogP contribution in [0, 0.1) is 35.4 Å². The third-order valence-electron chi connectivity index (χ3n) is 9.05. The zero-order valence-electron chi connectivity index (χ0n) is 19.5. The highest BCUT2D eigenvalue weighted by Crippen LogP contribution is 2.68. The molecule has 6 unspecified atom stereocenters. The largest absolute Gasteiger partial charge is 0.341 e. The van der Waals surface area contributed by atoms with Gasteiger partial charge in [-0.3, -0.25) is 24.1 Å². The van der Waals surface area contributed by atoms with Crippen LogP contribution in [0.3, 0.4) is 0 Å². The molecule has 2 aromatic rings. The monoisotopic (exact) mass is 527 g/mol. The first-order valence-corrected chi connectivity index (χ1v) is 14.4. The second-order valence-electron chi connectivity index (χ2n) is 10.7. The maximum absolute atomic E-state index is 13.7. The van der Waals surface area contributed by atoms with Gasteiger partial charge in [0.15, 0.2) is 0 Å². The number of aromatic nitrogens is 1. The molecule has 4 heterocycles. The van der Waals surface area contributed by atoms with Gasteiger partial charge in [-0.25, -0.2) is 4.39 Å². The Hall–Kier alpha value is -2.46. The van der Waals surface area contributed by atoms with Crippen molar-refractivity contribution < 1.29 is 18.8 Å². The smallest absolute Gasteiger partial charge is 0.305 e. The second kappa shape index (κ2) is 8.28. The second-order valence-corrected chi connectivity index (χ2v) is 12.9. The van der Waals surface area contributed by atoms with E-state index in [-0.39, 0.29) is 63.9 Å². The lowest BCUT2D eigenvalue weighted by Gasteiger charge is -2.43. The van der Waals surface area contributed by atoms with Crippen LogP contribution in [0.25, 0.3) is 0 Å². The predicted molar refractivity (Wildman–Crippen MR) is 132 cm³/mol. The van der Waals surface area contributed by atoms with E-state index >= 15 is 0 Å². The summed E-state index contributed by atoms with van der Waals surface area (Å²) in [4.78, 5) is 59.2. The molecule has 1 aromatic carbocycles. The van der Waals surface area contributed by atoms with Crippen molar-refractivity contribution in [3.8, 4) is 0 Å². The lowest BCUT2D eigenvalue weighted by atomic mass is 9.68. The number of halogens is 1. The minimum absolute atomic E-state index is 0.00977. The number of carbonyl (C=O) groups is 3. The summed E-state index contributed by atoms with van der Waals surface area (Å²) in [6.07, 6.45) is 3.81. The van der Waals surface area contributed by atoms with Gasteiger partial charge in [0.1, 0.15) is 12.4 Å². The molecule has 3 aliphatic heterocycles. The number of fused-ring (bicyclic) bond motifs is 9. The Morgan fingerprint density at radius 3 is 2.42 bits per heavy atom. The van der Waals surface area contributed by atoms with Crippen molar-refractivity contribution >= 4 is 40.8 Å². The predicted octanol–water partition coefficient (Wildman–Crippen LogP) is 3.06. The number of imide groups is 1. The molecule has 4 fully saturated rings. The van der Waals surface area contributed by atoms with Crippen LogP contribution in [0.5, 0.6) is 0 Å². The molecule has 3 amide bonds. The Labute approximate surface area is 215 Å². The molecular weight excluding hydrogens is 501 g/mol. The number of hydrogen-bond donors (Lipinski definition) is 1. The SMILES string of the molecule is O=C(CN1C(=O)C2C3CC(C2C1=O)C1C3Sc2[nH]c(=O)sc2[C@@H]1c1ccc(F)cc1)N1CCCCC1. The summed E-state index contributed by atoms with van der Waals surface area (Å²) in [5.74, 6) is -1.74. The minimum atomic E-state index is -0.418. The van der Waals surface area contributed by atoms with Crippen molar-refractivity contribution in [2.45, 2.75) is 41.9 Å². The molecule has 1 N–H and O–H groups in total. The van der Waals surface area contributed by atoms with Crippen LogP contribution in [0.2, 0.25) is 0 Å². The number of nitrogens with zero attached hydrogens (tertiary/aromatic N) is 2. The number of thiazole rings is 1. The molecule has 7 nitrogen and oxygen atoms in total. The molecule has 0 radical (unpaired) electrons. The standard InChI is InChI=1S/C26H26FN3O4S2/c27-13-6-4-12(5-7-13)17-18-14-10-15(21(18)35-23-22(17)36-26(34)28-23)20-19(14)24(32)30(25(20)33)11-16(31)29-8-2-1-3-9-29/h4-7,14-15,17-21H,1-3,8-11H2,(H,28,34)/t14?,15?,17-,18?,19?,20?,21?/m1/s1. The molecule has 10 heteroatoms. The summed E-state index contributed by atoms with van der Waals surface area (Å²) < 4.78 is 13.7. The maximum Gasteiger partial charge on any atom is 0.305 e. The molecule has 7 rings (SSSR count). The zero-order valence-corrected chi connectivity index (χ0v) is 21.2. The van der Waals surface area contributed by atoms with Crippen LogP contribution >= 0.6 is 23.1 Å². The van der Waals surface area contributed by atoms with E-state index in [0.29, 0.717) is 13.1 Å². The van der Waals surface area contributed by atoms with E-state index in [2.05, 4.69) is 4.98 Å². The van der Waals surface area contributed by atoms with Gasteiger partial charge in [0.05, 0.1) is 16.9 Å².